The Kier molecular flexibility index (Phi) is 3.76. The van der Waals surface area contributed by atoms with Crippen molar-refractivity contribution in [3.05, 3.63) is 28.1 Å². The van der Waals surface area contributed by atoms with Crippen LogP contribution in [-0.2, 0) is 16.0 Å². The molecular formula is C9H10N2O5. The Hall–Kier alpha value is -2.18. The summed E-state index contributed by atoms with van der Waals surface area (Å²) in [7, 11) is 0. The average molecular weight is 226 g/mol. The number of nitro groups is 1. The fourth-order valence-corrected chi connectivity index (χ4v) is 1.11. The van der Waals surface area contributed by atoms with Crippen molar-refractivity contribution >= 4 is 11.7 Å². The van der Waals surface area contributed by atoms with Gasteiger partial charge < -0.3 is 9.84 Å². The van der Waals surface area contributed by atoms with Crippen molar-refractivity contribution < 1.29 is 19.6 Å². The van der Waals surface area contributed by atoms with E-state index < -0.39 is 16.6 Å². The Morgan fingerprint density at radius 3 is 2.94 bits per heavy atom. The summed E-state index contributed by atoms with van der Waals surface area (Å²) < 4.78 is 4.65. The first-order valence-electron chi connectivity index (χ1n) is 4.52. The van der Waals surface area contributed by atoms with Crippen molar-refractivity contribution in [3.63, 3.8) is 0 Å². The van der Waals surface area contributed by atoms with Gasteiger partial charge in [0.2, 0.25) is 0 Å². The van der Waals surface area contributed by atoms with Crippen LogP contribution in [0.3, 0.4) is 0 Å². The number of esters is 1. The number of hydrogen-bond acceptors (Lipinski definition) is 6. The number of rotatable bonds is 4. The van der Waals surface area contributed by atoms with E-state index in [9.17, 15) is 14.9 Å². The van der Waals surface area contributed by atoms with Gasteiger partial charge >= 0.3 is 5.97 Å². The maximum Gasteiger partial charge on any atom is 0.312 e. The quantitative estimate of drug-likeness (QED) is 0.462. The van der Waals surface area contributed by atoms with Gasteiger partial charge in [0.05, 0.1) is 30.2 Å². The van der Waals surface area contributed by atoms with Gasteiger partial charge in [-0.2, -0.15) is 0 Å². The largest absolute Gasteiger partial charge is 0.506 e. The van der Waals surface area contributed by atoms with Crippen LogP contribution in [0.5, 0.6) is 5.75 Å². The van der Waals surface area contributed by atoms with Gasteiger partial charge in [0.25, 0.3) is 5.69 Å². The number of nitrogens with zero attached hydrogens (tertiary/aromatic N) is 2. The third-order valence-electron chi connectivity index (χ3n) is 1.75. The summed E-state index contributed by atoms with van der Waals surface area (Å²) in [6.07, 6.45) is 0.756. The molecule has 1 N–H and O–H groups in total. The zero-order chi connectivity index (χ0) is 12.1. The minimum absolute atomic E-state index is 0.0266. The van der Waals surface area contributed by atoms with E-state index in [1.165, 1.54) is 0 Å². The summed E-state index contributed by atoms with van der Waals surface area (Å²) in [6.45, 7) is 1.83. The lowest BCUT2D eigenvalue weighted by Crippen LogP contribution is -2.10. The van der Waals surface area contributed by atoms with Crippen molar-refractivity contribution in [1.82, 2.24) is 4.98 Å². The number of carbonyl (C=O) groups excluding carboxylic acids is 1. The first-order valence-corrected chi connectivity index (χ1v) is 4.52. The summed E-state index contributed by atoms with van der Waals surface area (Å²) in [5, 5.41) is 19.7. The van der Waals surface area contributed by atoms with E-state index in [-0.39, 0.29) is 24.5 Å². The number of aromatic hydroxyl groups is 1. The summed E-state index contributed by atoms with van der Waals surface area (Å²) in [5.74, 6) is -0.914. The molecular weight excluding hydrogens is 216 g/mol. The SMILES string of the molecule is CCOC(=O)Cc1ncc(O)cc1[N+](=O)[O-]. The lowest BCUT2D eigenvalue weighted by atomic mass is 10.2. The van der Waals surface area contributed by atoms with Crippen molar-refractivity contribution in [2.45, 2.75) is 13.3 Å². The molecule has 0 spiro atoms. The van der Waals surface area contributed by atoms with Crippen molar-refractivity contribution in [2.24, 2.45) is 0 Å². The molecule has 0 aliphatic rings. The molecule has 0 unspecified atom stereocenters. The number of carbonyl (C=O) groups is 1. The van der Waals surface area contributed by atoms with Gasteiger partial charge in [-0.25, -0.2) is 4.98 Å². The van der Waals surface area contributed by atoms with Gasteiger partial charge in [-0.3, -0.25) is 14.9 Å². The zero-order valence-electron chi connectivity index (χ0n) is 8.54. The zero-order valence-corrected chi connectivity index (χ0v) is 8.54. The maximum atomic E-state index is 11.1. The van der Waals surface area contributed by atoms with Crippen LogP contribution < -0.4 is 0 Å². The van der Waals surface area contributed by atoms with Gasteiger partial charge in [-0.1, -0.05) is 0 Å². The molecule has 7 heteroatoms. The Labute approximate surface area is 90.8 Å². The highest BCUT2D eigenvalue weighted by atomic mass is 16.6. The topological polar surface area (TPSA) is 103 Å². The molecule has 0 radical (unpaired) electrons. The molecule has 0 bridgehead atoms. The molecule has 0 aliphatic heterocycles. The van der Waals surface area contributed by atoms with Gasteiger partial charge in [0, 0.05) is 0 Å². The fraction of sp³-hybridized carbons (Fsp3) is 0.333. The lowest BCUT2D eigenvalue weighted by Gasteiger charge is -2.02. The average Bonchev–Trinajstić information content (AvgIpc) is 2.20. The molecule has 0 saturated carbocycles. The van der Waals surface area contributed by atoms with Crippen LogP contribution in [0, 0.1) is 10.1 Å². The molecule has 0 fully saturated rings. The van der Waals surface area contributed by atoms with Crippen LogP contribution in [0.25, 0.3) is 0 Å². The van der Waals surface area contributed by atoms with E-state index in [4.69, 9.17) is 5.11 Å². The van der Waals surface area contributed by atoms with Crippen molar-refractivity contribution in [2.75, 3.05) is 6.61 Å². The van der Waals surface area contributed by atoms with Crippen LogP contribution in [0.4, 0.5) is 5.69 Å². The van der Waals surface area contributed by atoms with Crippen LogP contribution in [0.1, 0.15) is 12.6 Å². The van der Waals surface area contributed by atoms with Crippen LogP contribution in [-0.4, -0.2) is 27.6 Å². The lowest BCUT2D eigenvalue weighted by molar-refractivity contribution is -0.386. The molecule has 7 nitrogen and oxygen atoms in total. The first-order chi connectivity index (χ1) is 7.54. The molecule has 86 valence electrons. The second-order valence-corrected chi connectivity index (χ2v) is 2.90. The smallest absolute Gasteiger partial charge is 0.312 e. The maximum absolute atomic E-state index is 11.1. The van der Waals surface area contributed by atoms with E-state index in [0.717, 1.165) is 12.3 Å². The third kappa shape index (κ3) is 2.91. The number of aromatic nitrogens is 1. The van der Waals surface area contributed by atoms with Gasteiger partial charge in [-0.05, 0) is 6.92 Å². The van der Waals surface area contributed by atoms with E-state index in [0.29, 0.717) is 0 Å². The highest BCUT2D eigenvalue weighted by Crippen LogP contribution is 2.21. The standard InChI is InChI=1S/C9H10N2O5/c1-2-16-9(13)4-7-8(11(14)15)3-6(12)5-10-7/h3,5,12H,2,4H2,1H3. The molecule has 1 aromatic rings. The van der Waals surface area contributed by atoms with E-state index in [1.54, 1.807) is 6.92 Å². The number of hydrogen-bond donors (Lipinski definition) is 1. The highest BCUT2D eigenvalue weighted by molar-refractivity contribution is 5.73. The van der Waals surface area contributed by atoms with E-state index in [1.807, 2.05) is 0 Å². The van der Waals surface area contributed by atoms with E-state index >= 15 is 0 Å². The molecule has 0 aromatic carbocycles. The molecule has 0 saturated heterocycles. The van der Waals surface area contributed by atoms with E-state index in [2.05, 4.69) is 9.72 Å². The van der Waals surface area contributed by atoms with Crippen LogP contribution in [0.15, 0.2) is 12.3 Å². The summed E-state index contributed by atoms with van der Waals surface area (Å²) in [4.78, 5) is 24.7. The van der Waals surface area contributed by atoms with Crippen molar-refractivity contribution in [1.29, 1.82) is 0 Å². The predicted molar refractivity (Wildman–Crippen MR) is 52.9 cm³/mol. The third-order valence-corrected chi connectivity index (χ3v) is 1.75. The Morgan fingerprint density at radius 2 is 2.38 bits per heavy atom. The Bertz CT molecular complexity index is 418. The fourth-order valence-electron chi connectivity index (χ4n) is 1.11. The van der Waals surface area contributed by atoms with Gasteiger partial charge in [0.15, 0.2) is 0 Å². The minimum Gasteiger partial charge on any atom is -0.506 e. The number of pyridine rings is 1. The number of ether oxygens (including phenoxy) is 1. The second kappa shape index (κ2) is 5.06. The van der Waals surface area contributed by atoms with Crippen LogP contribution in [0.2, 0.25) is 0 Å². The molecule has 1 heterocycles. The Balaban J connectivity index is 2.95. The first kappa shape index (κ1) is 11.9. The molecule has 1 rings (SSSR count). The molecule has 1 aromatic heterocycles. The molecule has 0 aliphatic carbocycles. The van der Waals surface area contributed by atoms with Crippen LogP contribution >= 0.6 is 0 Å². The highest BCUT2D eigenvalue weighted by Gasteiger charge is 2.19. The Morgan fingerprint density at radius 1 is 1.69 bits per heavy atom. The second-order valence-electron chi connectivity index (χ2n) is 2.90. The predicted octanol–water partition coefficient (Wildman–Crippen LogP) is 0.801. The summed E-state index contributed by atoms with van der Waals surface area (Å²) in [6, 6.07) is 0.946. The monoisotopic (exact) mass is 226 g/mol. The van der Waals surface area contributed by atoms with Gasteiger partial charge in [0.1, 0.15) is 11.4 Å². The molecule has 16 heavy (non-hydrogen) atoms. The normalized spacial score (nSPS) is 9.81. The molecule has 0 amide bonds. The minimum atomic E-state index is -0.707. The molecule has 0 atom stereocenters. The summed E-state index contributed by atoms with van der Waals surface area (Å²) in [5.41, 5.74) is -0.422. The van der Waals surface area contributed by atoms with Gasteiger partial charge in [-0.15, -0.1) is 0 Å². The summed E-state index contributed by atoms with van der Waals surface area (Å²) >= 11 is 0. The van der Waals surface area contributed by atoms with Crippen molar-refractivity contribution in [3.8, 4) is 5.75 Å².